The minimum Gasteiger partial charge on any atom is -0.436 e. The van der Waals surface area contributed by atoms with E-state index in [1.165, 1.54) is 0 Å². The second-order valence-corrected chi connectivity index (χ2v) is 6.73. The average Bonchev–Trinajstić information content (AvgIpc) is 2.58. The lowest BCUT2D eigenvalue weighted by atomic mass is 9.40. The molecule has 2 N–H and O–H groups in total. The molecule has 0 spiro atoms. The average molecular weight is 454 g/mol. The highest BCUT2D eigenvalue weighted by Crippen LogP contribution is 2.84. The predicted molar refractivity (Wildman–Crippen MR) is 62.4 cm³/mol. The highest BCUT2D eigenvalue weighted by molar-refractivity contribution is 5.82. The lowest BCUT2D eigenvalue weighted by Gasteiger charge is -2.74. The standard InChI is InChI=1S/C13H6F12O4/c1-2-3(26)29-8-11(20,21)5(27)4(14)6(28,12(8,22)23)10(18,19)7(15,9(5,16)17)13(8,24)25/h2,4,27-28H,1H2. The molecule has 0 aromatic carbocycles. The maximum absolute atomic E-state index is 14.7. The lowest BCUT2D eigenvalue weighted by Crippen LogP contribution is -3.09. The number of esters is 1. The molecule has 4 saturated carbocycles. The van der Waals surface area contributed by atoms with Gasteiger partial charge in [0.05, 0.1) is 0 Å². The normalized spacial score (nSPS) is 49.5. The Hall–Kier alpha value is -1.71. The summed E-state index contributed by atoms with van der Waals surface area (Å²) in [7, 11) is 0. The molecule has 0 aromatic heterocycles. The molecule has 4 aliphatic rings. The van der Waals surface area contributed by atoms with Gasteiger partial charge < -0.3 is 14.9 Å². The third-order valence-electron chi connectivity index (χ3n) is 5.69. The molecule has 4 rings (SSSR count). The van der Waals surface area contributed by atoms with Crippen LogP contribution in [-0.4, -0.2) is 74.4 Å². The molecule has 16 heteroatoms. The topological polar surface area (TPSA) is 66.8 Å². The molecule has 0 aromatic rings. The zero-order valence-corrected chi connectivity index (χ0v) is 13.1. The first-order valence-corrected chi connectivity index (χ1v) is 7.13. The summed E-state index contributed by atoms with van der Waals surface area (Å²) in [6, 6.07) is 0. The molecule has 2 atom stereocenters. The van der Waals surface area contributed by atoms with E-state index >= 15 is 0 Å². The van der Waals surface area contributed by atoms with Crippen LogP contribution in [0.3, 0.4) is 0 Å². The van der Waals surface area contributed by atoms with E-state index in [1.807, 2.05) is 0 Å². The summed E-state index contributed by atoms with van der Waals surface area (Å²) >= 11 is 0. The highest BCUT2D eigenvalue weighted by atomic mass is 19.3. The van der Waals surface area contributed by atoms with Crippen LogP contribution in [0.15, 0.2) is 12.7 Å². The molecule has 2 unspecified atom stereocenters. The molecule has 29 heavy (non-hydrogen) atoms. The number of halogens is 12. The summed E-state index contributed by atoms with van der Waals surface area (Å²) in [6.45, 7) is 2.43. The van der Waals surface area contributed by atoms with E-state index in [4.69, 9.17) is 0 Å². The van der Waals surface area contributed by atoms with Crippen LogP contribution < -0.4 is 0 Å². The van der Waals surface area contributed by atoms with Crippen molar-refractivity contribution < 1.29 is 72.4 Å². The van der Waals surface area contributed by atoms with Crippen LogP contribution >= 0.6 is 0 Å². The van der Waals surface area contributed by atoms with Crippen LogP contribution in [0.2, 0.25) is 0 Å². The Labute approximate surface area is 150 Å². The van der Waals surface area contributed by atoms with Gasteiger partial charge in [0.1, 0.15) is 0 Å². The van der Waals surface area contributed by atoms with E-state index in [0.29, 0.717) is 0 Å². The Morgan fingerprint density at radius 1 is 0.759 bits per heavy atom. The maximum Gasteiger partial charge on any atom is 0.344 e. The first-order chi connectivity index (χ1) is 12.6. The fraction of sp³-hybridized carbons (Fsp3) is 0.769. The molecule has 0 amide bonds. The summed E-state index contributed by atoms with van der Waals surface area (Å²) in [5, 5.41) is 19.0. The Bertz CT molecular complexity index is 783. The summed E-state index contributed by atoms with van der Waals surface area (Å²) in [5.41, 5.74) is -26.8. The largest absolute Gasteiger partial charge is 0.436 e. The van der Waals surface area contributed by atoms with E-state index < -0.39 is 70.3 Å². The van der Waals surface area contributed by atoms with Crippen molar-refractivity contribution in [2.45, 2.75) is 58.3 Å². The fourth-order valence-corrected chi connectivity index (χ4v) is 4.21. The monoisotopic (exact) mass is 454 g/mol. The van der Waals surface area contributed by atoms with Gasteiger partial charge in [0.15, 0.2) is 6.17 Å². The minimum atomic E-state index is -7.41. The summed E-state index contributed by atoms with van der Waals surface area (Å²) in [6.07, 6.45) is -5.90. The molecular weight excluding hydrogens is 448 g/mol. The molecule has 0 aliphatic heterocycles. The van der Waals surface area contributed by atoms with E-state index in [0.717, 1.165) is 0 Å². The number of hydrogen-bond acceptors (Lipinski definition) is 4. The van der Waals surface area contributed by atoms with Crippen LogP contribution in [0.25, 0.3) is 0 Å². The number of hydrogen-bond donors (Lipinski definition) is 2. The molecule has 4 fully saturated rings. The number of alkyl halides is 12. The second kappa shape index (κ2) is 4.63. The SMILES string of the molecule is C=CC(=O)OC12C(F)(F)C3(O)C(F)C(O)(C(F)(F)C(F)(C3(F)F)C1(F)F)C2(F)F. The van der Waals surface area contributed by atoms with Crippen LogP contribution in [0.1, 0.15) is 0 Å². The number of carbonyl (C=O) groups is 1. The van der Waals surface area contributed by atoms with Crippen LogP contribution in [-0.2, 0) is 9.53 Å². The van der Waals surface area contributed by atoms with Gasteiger partial charge in [-0.15, -0.1) is 0 Å². The van der Waals surface area contributed by atoms with Gasteiger partial charge in [-0.05, 0) is 0 Å². The smallest absolute Gasteiger partial charge is 0.344 e. The van der Waals surface area contributed by atoms with Gasteiger partial charge in [-0.2, -0.15) is 43.9 Å². The second-order valence-electron chi connectivity index (χ2n) is 6.73. The molecule has 4 aliphatic carbocycles. The van der Waals surface area contributed by atoms with Gasteiger partial charge in [0, 0.05) is 6.08 Å². The van der Waals surface area contributed by atoms with Crippen molar-refractivity contribution in [3.8, 4) is 0 Å². The molecule has 4 nitrogen and oxygen atoms in total. The zero-order valence-electron chi connectivity index (χ0n) is 13.1. The number of aliphatic hydroxyl groups is 2. The van der Waals surface area contributed by atoms with Crippen LogP contribution in [0.5, 0.6) is 0 Å². The van der Waals surface area contributed by atoms with E-state index in [-0.39, 0.29) is 0 Å². The van der Waals surface area contributed by atoms with Crippen molar-refractivity contribution >= 4 is 5.97 Å². The van der Waals surface area contributed by atoms with E-state index in [9.17, 15) is 67.7 Å². The number of carbonyl (C=O) groups excluding carboxylic acids is 1. The molecule has 0 radical (unpaired) electrons. The van der Waals surface area contributed by atoms with Crippen LogP contribution in [0.4, 0.5) is 52.7 Å². The molecule has 0 saturated heterocycles. The minimum absolute atomic E-state index is 0.400. The van der Waals surface area contributed by atoms with Gasteiger partial charge in [0.25, 0.3) is 0 Å². The molecule has 4 bridgehead atoms. The van der Waals surface area contributed by atoms with Crippen LogP contribution in [0, 0.1) is 0 Å². The number of rotatable bonds is 2. The van der Waals surface area contributed by atoms with Crippen molar-refractivity contribution in [2.75, 3.05) is 0 Å². The van der Waals surface area contributed by atoms with E-state index in [2.05, 4.69) is 11.3 Å². The Kier molecular flexibility index (Phi) is 3.51. The predicted octanol–water partition coefficient (Wildman–Crippen LogP) is 2.18. The number of ether oxygens (including phenoxy) is 1. The Balaban J connectivity index is 2.65. The van der Waals surface area contributed by atoms with Crippen molar-refractivity contribution in [2.24, 2.45) is 0 Å². The van der Waals surface area contributed by atoms with Gasteiger partial charge in [-0.25, -0.2) is 13.6 Å². The van der Waals surface area contributed by atoms with Gasteiger partial charge in [-0.1, -0.05) is 6.58 Å². The van der Waals surface area contributed by atoms with Crippen molar-refractivity contribution in [3.05, 3.63) is 12.7 Å². The van der Waals surface area contributed by atoms with Gasteiger partial charge in [0.2, 0.25) is 11.2 Å². The Morgan fingerprint density at radius 2 is 1.10 bits per heavy atom. The van der Waals surface area contributed by atoms with Crippen molar-refractivity contribution in [1.29, 1.82) is 0 Å². The fourth-order valence-electron chi connectivity index (χ4n) is 4.21. The molecular formula is C13H6F12O4. The van der Waals surface area contributed by atoms with Crippen molar-refractivity contribution in [1.82, 2.24) is 0 Å². The molecule has 166 valence electrons. The van der Waals surface area contributed by atoms with Gasteiger partial charge in [-0.3, -0.25) is 0 Å². The summed E-state index contributed by atoms with van der Waals surface area (Å²) in [5.74, 6) is -38.6. The van der Waals surface area contributed by atoms with E-state index in [1.54, 1.807) is 0 Å². The first kappa shape index (κ1) is 22.0. The lowest BCUT2D eigenvalue weighted by molar-refractivity contribution is -0.604. The molecule has 0 heterocycles. The third kappa shape index (κ3) is 1.35. The van der Waals surface area contributed by atoms with Crippen molar-refractivity contribution in [3.63, 3.8) is 0 Å². The Morgan fingerprint density at radius 3 is 1.41 bits per heavy atom. The zero-order chi connectivity index (χ0) is 23.1. The summed E-state index contributed by atoms with van der Waals surface area (Å²) < 4.78 is 176. The third-order valence-corrected chi connectivity index (χ3v) is 5.69. The maximum atomic E-state index is 14.7. The quantitative estimate of drug-likeness (QED) is 0.382. The highest BCUT2D eigenvalue weighted by Gasteiger charge is 3.19. The first-order valence-electron chi connectivity index (χ1n) is 7.13. The summed E-state index contributed by atoms with van der Waals surface area (Å²) in [4.78, 5) is 11.2. The van der Waals surface area contributed by atoms with Gasteiger partial charge >= 0.3 is 46.9 Å².